The van der Waals surface area contributed by atoms with E-state index in [1.54, 1.807) is 0 Å². The molecule has 0 radical (unpaired) electrons. The molecule has 2 rings (SSSR count). The Morgan fingerprint density at radius 2 is 1.42 bits per heavy atom. The van der Waals surface area contributed by atoms with Gasteiger partial charge >= 0.3 is 0 Å². The van der Waals surface area contributed by atoms with Crippen LogP contribution in [0.1, 0.15) is 26.3 Å². The third-order valence-corrected chi connectivity index (χ3v) is 3.65. The average Bonchev–Trinajstić information content (AvgIpc) is 2.40. The Labute approximate surface area is 115 Å². The highest BCUT2D eigenvalue weighted by molar-refractivity contribution is 5.35. The Balaban J connectivity index is 2.15. The molecular weight excluding hydrogens is 234 g/mol. The molecule has 0 aromatic heterocycles. The fourth-order valence-corrected chi connectivity index (χ4v) is 1.84. The van der Waals surface area contributed by atoms with Crippen molar-refractivity contribution < 1.29 is 4.74 Å². The lowest BCUT2D eigenvalue weighted by molar-refractivity contribution is 0.350. The second-order valence-electron chi connectivity index (χ2n) is 5.38. The predicted molar refractivity (Wildman–Crippen MR) is 79.3 cm³/mol. The lowest BCUT2D eigenvalue weighted by Gasteiger charge is -2.29. The Morgan fingerprint density at radius 1 is 0.895 bits per heavy atom. The van der Waals surface area contributed by atoms with Gasteiger partial charge in [0.05, 0.1) is 0 Å². The Bertz CT molecular complexity index is 515. The standard InChI is InChI=1S/C17H21NO/c1-13(2)17(3,18)14-9-11-16(12-10-14)19-15-7-5-4-6-8-15/h4-13H,18H2,1-3H3. The van der Waals surface area contributed by atoms with Crippen molar-refractivity contribution in [3.63, 3.8) is 0 Å². The van der Waals surface area contributed by atoms with Crippen molar-refractivity contribution in [2.45, 2.75) is 26.3 Å². The molecule has 0 spiro atoms. The van der Waals surface area contributed by atoms with Crippen LogP contribution >= 0.6 is 0 Å². The molecule has 0 aliphatic carbocycles. The molecule has 0 amide bonds. The summed E-state index contributed by atoms with van der Waals surface area (Å²) in [5.74, 6) is 2.05. The molecule has 2 N–H and O–H groups in total. The lowest BCUT2D eigenvalue weighted by Crippen LogP contribution is -2.38. The van der Waals surface area contributed by atoms with E-state index in [0.717, 1.165) is 17.1 Å². The van der Waals surface area contributed by atoms with Crippen LogP contribution in [0.5, 0.6) is 11.5 Å². The second-order valence-corrected chi connectivity index (χ2v) is 5.38. The average molecular weight is 255 g/mol. The van der Waals surface area contributed by atoms with Crippen LogP contribution in [0, 0.1) is 5.92 Å². The molecule has 0 saturated carbocycles. The van der Waals surface area contributed by atoms with Crippen LogP contribution in [-0.4, -0.2) is 0 Å². The van der Waals surface area contributed by atoms with E-state index in [9.17, 15) is 0 Å². The molecule has 0 fully saturated rings. The molecule has 2 nitrogen and oxygen atoms in total. The quantitative estimate of drug-likeness (QED) is 0.883. The number of ether oxygens (including phenoxy) is 1. The maximum atomic E-state index is 6.34. The highest BCUT2D eigenvalue weighted by Crippen LogP contribution is 2.29. The van der Waals surface area contributed by atoms with Crippen molar-refractivity contribution in [1.29, 1.82) is 0 Å². The number of benzene rings is 2. The second kappa shape index (κ2) is 5.45. The van der Waals surface area contributed by atoms with Gasteiger partial charge in [-0.15, -0.1) is 0 Å². The molecule has 0 heterocycles. The molecule has 1 atom stereocenters. The molecule has 2 aromatic rings. The summed E-state index contributed by atoms with van der Waals surface area (Å²) in [5.41, 5.74) is 7.16. The van der Waals surface area contributed by atoms with Gasteiger partial charge in [-0.2, -0.15) is 0 Å². The van der Waals surface area contributed by atoms with Gasteiger partial charge in [-0.1, -0.05) is 44.2 Å². The summed E-state index contributed by atoms with van der Waals surface area (Å²) in [6.07, 6.45) is 0. The van der Waals surface area contributed by atoms with Crippen LogP contribution in [0.2, 0.25) is 0 Å². The van der Waals surface area contributed by atoms with E-state index in [4.69, 9.17) is 10.5 Å². The maximum absolute atomic E-state index is 6.34. The van der Waals surface area contributed by atoms with Crippen molar-refractivity contribution in [2.24, 2.45) is 11.7 Å². The summed E-state index contributed by atoms with van der Waals surface area (Å²) in [6.45, 7) is 6.33. The van der Waals surface area contributed by atoms with E-state index in [-0.39, 0.29) is 5.54 Å². The third kappa shape index (κ3) is 3.15. The van der Waals surface area contributed by atoms with Crippen LogP contribution in [0.3, 0.4) is 0 Å². The summed E-state index contributed by atoms with van der Waals surface area (Å²) in [6, 6.07) is 17.8. The van der Waals surface area contributed by atoms with Gasteiger partial charge < -0.3 is 10.5 Å². The zero-order chi connectivity index (χ0) is 13.9. The van der Waals surface area contributed by atoms with Crippen LogP contribution in [0.15, 0.2) is 54.6 Å². The first-order valence-corrected chi connectivity index (χ1v) is 6.62. The van der Waals surface area contributed by atoms with E-state index >= 15 is 0 Å². The van der Waals surface area contributed by atoms with E-state index in [1.807, 2.05) is 54.6 Å². The molecule has 2 heteroatoms. The van der Waals surface area contributed by atoms with Gasteiger partial charge in [-0.3, -0.25) is 0 Å². The van der Waals surface area contributed by atoms with Crippen molar-refractivity contribution >= 4 is 0 Å². The maximum Gasteiger partial charge on any atom is 0.127 e. The number of hydrogen-bond donors (Lipinski definition) is 1. The highest BCUT2D eigenvalue weighted by Gasteiger charge is 2.24. The van der Waals surface area contributed by atoms with Crippen LogP contribution < -0.4 is 10.5 Å². The fraction of sp³-hybridized carbons (Fsp3) is 0.294. The van der Waals surface area contributed by atoms with Gasteiger partial charge in [0.15, 0.2) is 0 Å². The first-order chi connectivity index (χ1) is 9.00. The molecule has 0 saturated heterocycles. The topological polar surface area (TPSA) is 35.2 Å². The van der Waals surface area contributed by atoms with Crippen molar-refractivity contribution in [3.05, 3.63) is 60.2 Å². The third-order valence-electron chi connectivity index (χ3n) is 3.65. The molecule has 19 heavy (non-hydrogen) atoms. The molecule has 0 aliphatic rings. The van der Waals surface area contributed by atoms with E-state index in [2.05, 4.69) is 20.8 Å². The molecular formula is C17H21NO. The van der Waals surface area contributed by atoms with E-state index < -0.39 is 0 Å². The number of rotatable bonds is 4. The number of para-hydroxylation sites is 1. The van der Waals surface area contributed by atoms with Gasteiger partial charge in [0.2, 0.25) is 0 Å². The Morgan fingerprint density at radius 3 is 1.95 bits per heavy atom. The minimum atomic E-state index is -0.314. The SMILES string of the molecule is CC(C)C(C)(N)c1ccc(Oc2ccccc2)cc1. The van der Waals surface area contributed by atoms with Crippen molar-refractivity contribution in [2.75, 3.05) is 0 Å². The molecule has 0 bridgehead atoms. The molecule has 0 aliphatic heterocycles. The largest absolute Gasteiger partial charge is 0.457 e. The number of nitrogens with two attached hydrogens (primary N) is 1. The van der Waals surface area contributed by atoms with E-state index in [0.29, 0.717) is 5.92 Å². The van der Waals surface area contributed by atoms with Gasteiger partial charge in [-0.05, 0) is 42.7 Å². The number of hydrogen-bond acceptors (Lipinski definition) is 2. The Hall–Kier alpha value is -1.80. The summed E-state index contributed by atoms with van der Waals surface area (Å²) >= 11 is 0. The zero-order valence-corrected chi connectivity index (χ0v) is 11.8. The van der Waals surface area contributed by atoms with Crippen LogP contribution in [0.4, 0.5) is 0 Å². The summed E-state index contributed by atoms with van der Waals surface area (Å²) in [4.78, 5) is 0. The highest BCUT2D eigenvalue weighted by atomic mass is 16.5. The van der Waals surface area contributed by atoms with Crippen molar-refractivity contribution in [1.82, 2.24) is 0 Å². The first kappa shape index (κ1) is 13.6. The molecule has 1 unspecified atom stereocenters. The van der Waals surface area contributed by atoms with Crippen LogP contribution in [0.25, 0.3) is 0 Å². The van der Waals surface area contributed by atoms with Crippen LogP contribution in [-0.2, 0) is 5.54 Å². The smallest absolute Gasteiger partial charge is 0.127 e. The molecule has 100 valence electrons. The zero-order valence-electron chi connectivity index (χ0n) is 11.8. The van der Waals surface area contributed by atoms with Gasteiger partial charge in [-0.25, -0.2) is 0 Å². The first-order valence-electron chi connectivity index (χ1n) is 6.62. The normalized spacial score (nSPS) is 14.2. The minimum Gasteiger partial charge on any atom is -0.457 e. The van der Waals surface area contributed by atoms with E-state index in [1.165, 1.54) is 0 Å². The Kier molecular flexibility index (Phi) is 3.91. The summed E-state index contributed by atoms with van der Waals surface area (Å²) in [5, 5.41) is 0. The minimum absolute atomic E-state index is 0.314. The predicted octanol–water partition coefficient (Wildman–Crippen LogP) is 4.31. The monoisotopic (exact) mass is 255 g/mol. The fourth-order valence-electron chi connectivity index (χ4n) is 1.84. The van der Waals surface area contributed by atoms with Gasteiger partial charge in [0.25, 0.3) is 0 Å². The molecule has 2 aromatic carbocycles. The summed E-state index contributed by atoms with van der Waals surface area (Å²) < 4.78 is 5.77. The lowest BCUT2D eigenvalue weighted by atomic mass is 9.83. The van der Waals surface area contributed by atoms with Gasteiger partial charge in [0, 0.05) is 5.54 Å². The van der Waals surface area contributed by atoms with Gasteiger partial charge in [0.1, 0.15) is 11.5 Å². The summed E-state index contributed by atoms with van der Waals surface area (Å²) in [7, 11) is 0. The van der Waals surface area contributed by atoms with Crippen molar-refractivity contribution in [3.8, 4) is 11.5 Å².